The number of likely N-dealkylation sites (tertiary alicyclic amines) is 1. The van der Waals surface area contributed by atoms with Crippen LogP contribution in [0.2, 0.25) is 0 Å². The summed E-state index contributed by atoms with van der Waals surface area (Å²) >= 11 is 1.88. The summed E-state index contributed by atoms with van der Waals surface area (Å²) in [7, 11) is 3.84. The number of hydrogen-bond acceptors (Lipinski definition) is 4. The van der Waals surface area contributed by atoms with Gasteiger partial charge < -0.3 is 20.7 Å². The topological polar surface area (TPSA) is 67.6 Å². The molecule has 1 aromatic heterocycles. The molecule has 0 radical (unpaired) electrons. The molecule has 0 bridgehead atoms. The molecule has 1 saturated carbocycles. The van der Waals surface area contributed by atoms with Gasteiger partial charge in [0.15, 0.2) is 0 Å². The zero-order valence-electron chi connectivity index (χ0n) is 20.3. The summed E-state index contributed by atoms with van der Waals surface area (Å²) in [5.41, 5.74) is 6.00. The Morgan fingerprint density at radius 1 is 1.25 bits per heavy atom. The van der Waals surface area contributed by atoms with Crippen molar-refractivity contribution in [1.29, 1.82) is 0 Å². The van der Waals surface area contributed by atoms with E-state index < -0.39 is 0 Å². The van der Waals surface area contributed by atoms with Crippen LogP contribution in [0.3, 0.4) is 0 Å². The number of ether oxygens (including phenoxy) is 1. The van der Waals surface area contributed by atoms with Crippen LogP contribution in [0, 0.1) is 17.8 Å². The summed E-state index contributed by atoms with van der Waals surface area (Å²) in [6.07, 6.45) is 13.7. The fraction of sp³-hybridized carbons (Fsp3) is 0.808. The van der Waals surface area contributed by atoms with Crippen LogP contribution in [0.15, 0.2) is 17.5 Å². The first-order chi connectivity index (χ1) is 15.7. The van der Waals surface area contributed by atoms with E-state index >= 15 is 0 Å². The molecule has 2 unspecified atom stereocenters. The summed E-state index contributed by atoms with van der Waals surface area (Å²) in [4.78, 5) is 16.2. The first-order valence-corrected chi connectivity index (χ1v) is 13.8. The lowest BCUT2D eigenvalue weighted by atomic mass is 9.69. The van der Waals surface area contributed by atoms with Crippen molar-refractivity contribution in [3.05, 3.63) is 22.4 Å². The highest BCUT2D eigenvalue weighted by Crippen LogP contribution is 2.44. The van der Waals surface area contributed by atoms with E-state index in [1.807, 2.05) is 11.3 Å². The number of amides is 2. The van der Waals surface area contributed by atoms with E-state index in [1.165, 1.54) is 49.8 Å². The number of piperidine rings is 1. The molecule has 5 nitrogen and oxygen atoms in total. The summed E-state index contributed by atoms with van der Waals surface area (Å²) in [6.45, 7) is 2.59. The van der Waals surface area contributed by atoms with Crippen molar-refractivity contribution < 1.29 is 9.53 Å². The number of hydrogen-bond donors (Lipinski definition) is 2. The summed E-state index contributed by atoms with van der Waals surface area (Å²) in [5.74, 6) is 2.22. The molecule has 1 aliphatic heterocycles. The van der Waals surface area contributed by atoms with E-state index in [1.54, 1.807) is 7.11 Å². The van der Waals surface area contributed by atoms with Crippen LogP contribution in [0.1, 0.15) is 81.4 Å². The fourth-order valence-electron chi connectivity index (χ4n) is 6.49. The van der Waals surface area contributed by atoms with E-state index in [4.69, 9.17) is 10.5 Å². The largest absolute Gasteiger partial charge is 0.385 e. The van der Waals surface area contributed by atoms with Gasteiger partial charge in [0.2, 0.25) is 0 Å². The van der Waals surface area contributed by atoms with Crippen molar-refractivity contribution in [2.45, 2.75) is 82.6 Å². The molecule has 6 heteroatoms. The quantitative estimate of drug-likeness (QED) is 0.396. The average molecular weight is 464 g/mol. The number of nitrogens with zero attached hydrogens (tertiary/aromatic N) is 1. The third-order valence-electron chi connectivity index (χ3n) is 7.87. The van der Waals surface area contributed by atoms with Crippen LogP contribution in [-0.4, -0.2) is 50.8 Å². The lowest BCUT2D eigenvalue weighted by molar-refractivity contribution is 0.0515. The molecule has 1 aliphatic carbocycles. The average Bonchev–Trinajstić information content (AvgIpc) is 3.34. The van der Waals surface area contributed by atoms with E-state index in [0.29, 0.717) is 17.8 Å². The molecule has 32 heavy (non-hydrogen) atoms. The van der Waals surface area contributed by atoms with Gasteiger partial charge in [-0.05, 0) is 80.8 Å². The molecule has 1 saturated heterocycles. The van der Waals surface area contributed by atoms with Gasteiger partial charge in [-0.15, -0.1) is 11.3 Å². The van der Waals surface area contributed by atoms with Crippen LogP contribution in [-0.2, 0) is 4.74 Å². The van der Waals surface area contributed by atoms with Crippen LogP contribution >= 0.6 is 11.3 Å². The summed E-state index contributed by atoms with van der Waals surface area (Å²) in [6, 6.07) is 4.48. The Bertz CT molecular complexity index is 648. The van der Waals surface area contributed by atoms with E-state index in [-0.39, 0.29) is 12.1 Å². The number of carbonyl (C=O) groups excluding carboxylic acids is 1. The van der Waals surface area contributed by atoms with Crippen LogP contribution in [0.25, 0.3) is 0 Å². The minimum absolute atomic E-state index is 0.227. The van der Waals surface area contributed by atoms with E-state index in [9.17, 15) is 4.79 Å². The highest BCUT2D eigenvalue weighted by atomic mass is 32.1. The van der Waals surface area contributed by atoms with Gasteiger partial charge in [-0.25, -0.2) is 4.79 Å². The first-order valence-electron chi connectivity index (χ1n) is 12.9. The van der Waals surface area contributed by atoms with Crippen molar-refractivity contribution in [2.75, 3.05) is 33.9 Å². The fourth-order valence-corrected chi connectivity index (χ4v) is 7.42. The predicted octanol–water partition coefficient (Wildman–Crippen LogP) is 5.61. The monoisotopic (exact) mass is 463 g/mol. The summed E-state index contributed by atoms with van der Waals surface area (Å²) in [5, 5.41) is 5.68. The highest BCUT2D eigenvalue weighted by molar-refractivity contribution is 7.10. The number of rotatable bonds is 12. The molecule has 3 rings (SSSR count). The maximum absolute atomic E-state index is 12.6. The number of nitrogens with one attached hydrogen (secondary N) is 1. The minimum Gasteiger partial charge on any atom is -0.385 e. The number of thiophene rings is 1. The molecular formula is C26H45N3O2S. The molecule has 182 valence electrons. The van der Waals surface area contributed by atoms with Gasteiger partial charge >= 0.3 is 6.03 Å². The van der Waals surface area contributed by atoms with Gasteiger partial charge in [0.05, 0.1) is 0 Å². The number of urea groups is 1. The molecular weight excluding hydrogens is 418 g/mol. The molecule has 3 N–H and O–H groups in total. The van der Waals surface area contributed by atoms with Gasteiger partial charge in [0.1, 0.15) is 0 Å². The Labute approximate surface area is 199 Å². The van der Waals surface area contributed by atoms with Crippen LogP contribution < -0.4 is 11.1 Å². The maximum atomic E-state index is 12.6. The standard InChI is InChI=1S/C26H45N3O2S/c1-28-19-21(18-20-10-4-3-5-11-20)25-23(13-8-15-29(25)26(27)30)22(12-6-7-16-31-2)24-14-9-17-32-24/h9,14,17,20-23,25,28H,3-8,10-13,15-16,18-19H2,1-2H3,(H2,27,30)/t21-,22+,23?,25?/m0/s1. The maximum Gasteiger partial charge on any atom is 0.315 e. The summed E-state index contributed by atoms with van der Waals surface area (Å²) < 4.78 is 5.31. The minimum atomic E-state index is -0.228. The Morgan fingerprint density at radius 2 is 2.06 bits per heavy atom. The van der Waals surface area contributed by atoms with Crippen molar-refractivity contribution in [3.8, 4) is 0 Å². The predicted molar refractivity (Wildman–Crippen MR) is 134 cm³/mol. The zero-order valence-corrected chi connectivity index (χ0v) is 21.1. The van der Waals surface area contributed by atoms with Crippen molar-refractivity contribution in [1.82, 2.24) is 10.2 Å². The van der Waals surface area contributed by atoms with Crippen molar-refractivity contribution in [3.63, 3.8) is 0 Å². The SMILES string of the molecule is CNC[C@H](CC1CCCCC1)C1C([C@@H](CCCCOC)c2cccs2)CCCN1C(N)=O. The van der Waals surface area contributed by atoms with Gasteiger partial charge in [-0.2, -0.15) is 0 Å². The zero-order chi connectivity index (χ0) is 22.8. The number of nitrogens with two attached hydrogens (primary N) is 1. The van der Waals surface area contributed by atoms with Crippen molar-refractivity contribution in [2.24, 2.45) is 23.5 Å². The molecule has 1 aromatic rings. The van der Waals surface area contributed by atoms with Gasteiger partial charge in [-0.3, -0.25) is 0 Å². The van der Waals surface area contributed by atoms with Gasteiger partial charge in [-0.1, -0.05) is 44.6 Å². The second-order valence-electron chi connectivity index (χ2n) is 10.00. The number of methoxy groups -OCH3 is 1. The Balaban J connectivity index is 1.86. The molecule has 2 fully saturated rings. The molecule has 4 atom stereocenters. The third kappa shape index (κ3) is 6.94. The third-order valence-corrected chi connectivity index (χ3v) is 8.87. The highest BCUT2D eigenvalue weighted by Gasteiger charge is 2.43. The van der Waals surface area contributed by atoms with Gasteiger partial charge in [0.25, 0.3) is 0 Å². The Hall–Kier alpha value is -1.11. The molecule has 0 aromatic carbocycles. The molecule has 2 amide bonds. The van der Waals surface area contributed by atoms with Crippen molar-refractivity contribution >= 4 is 17.4 Å². The lowest BCUT2D eigenvalue weighted by Gasteiger charge is -2.48. The lowest BCUT2D eigenvalue weighted by Crippen LogP contribution is -2.57. The normalized spacial score (nSPS) is 24.4. The Kier molecular flexibility index (Phi) is 10.8. The number of unbranched alkanes of at least 4 members (excludes halogenated alkanes) is 1. The Morgan fingerprint density at radius 3 is 2.72 bits per heavy atom. The molecule has 2 heterocycles. The van der Waals surface area contributed by atoms with E-state index in [2.05, 4.69) is 34.8 Å². The molecule has 2 aliphatic rings. The second kappa shape index (κ2) is 13.6. The first kappa shape index (κ1) is 25.5. The number of primary amides is 1. The number of carbonyl (C=O) groups is 1. The molecule has 0 spiro atoms. The smallest absolute Gasteiger partial charge is 0.315 e. The second-order valence-corrected chi connectivity index (χ2v) is 11.0. The van der Waals surface area contributed by atoms with Gasteiger partial charge in [0, 0.05) is 31.2 Å². The van der Waals surface area contributed by atoms with E-state index in [0.717, 1.165) is 51.3 Å². The van der Waals surface area contributed by atoms with Crippen LogP contribution in [0.4, 0.5) is 4.79 Å². The van der Waals surface area contributed by atoms with Crippen LogP contribution in [0.5, 0.6) is 0 Å².